The molecule has 4 aromatic rings. The van der Waals surface area contributed by atoms with Gasteiger partial charge >= 0.3 is 5.97 Å². The molecule has 0 saturated heterocycles. The first kappa shape index (κ1) is 28.0. The van der Waals surface area contributed by atoms with E-state index < -0.39 is 22.1 Å². The molecular formula is C29H32N4O5S. The predicted molar refractivity (Wildman–Crippen MR) is 150 cm³/mol. The number of aliphatic hydroxyl groups excluding tert-OH is 1. The lowest BCUT2D eigenvalue weighted by molar-refractivity contribution is 0.0697. The number of anilines is 1. The fourth-order valence-electron chi connectivity index (χ4n) is 4.03. The Labute approximate surface area is 228 Å². The maximum absolute atomic E-state index is 12.6. The average Bonchev–Trinajstić information content (AvgIpc) is 3.40. The summed E-state index contributed by atoms with van der Waals surface area (Å²) in [5.74, 6) is -0.965. The molecule has 1 heterocycles. The molecule has 3 aromatic carbocycles. The molecule has 0 unspecified atom stereocenters. The van der Waals surface area contributed by atoms with Gasteiger partial charge in [-0.1, -0.05) is 42.5 Å². The van der Waals surface area contributed by atoms with Crippen molar-refractivity contribution < 1.29 is 23.4 Å². The number of nitrogens with zero attached hydrogens (tertiary/aromatic N) is 2. The van der Waals surface area contributed by atoms with Crippen LogP contribution in [-0.2, 0) is 16.6 Å². The van der Waals surface area contributed by atoms with Gasteiger partial charge in [-0.3, -0.25) is 4.72 Å². The van der Waals surface area contributed by atoms with E-state index in [2.05, 4.69) is 15.0 Å². The minimum atomic E-state index is -3.72. The standard InChI is InChI=1S/C29H32N4O5S/c1-29(2,15-16-33-19-26(30-20-33)21-11-13-22(14-12-21)28(35)36)31-18-27(34)23-7-6-8-24(17-23)32-39(37,38)25-9-4-3-5-10-25/h3-14,17,19-20,27,31-32,34H,15-16,18H2,1-2H3,(H,35,36)/t27-/m0/s1. The molecule has 0 bridgehead atoms. The monoisotopic (exact) mass is 548 g/mol. The van der Waals surface area contributed by atoms with Crippen molar-refractivity contribution in [1.29, 1.82) is 0 Å². The zero-order valence-corrected chi connectivity index (χ0v) is 22.6. The molecule has 0 spiro atoms. The van der Waals surface area contributed by atoms with Crippen LogP contribution in [0.25, 0.3) is 11.3 Å². The number of hydrogen-bond donors (Lipinski definition) is 4. The molecule has 9 nitrogen and oxygen atoms in total. The number of aromatic carboxylic acids is 1. The lowest BCUT2D eigenvalue weighted by Gasteiger charge is -2.28. The van der Waals surface area contributed by atoms with Crippen molar-refractivity contribution >= 4 is 21.7 Å². The van der Waals surface area contributed by atoms with E-state index in [9.17, 15) is 18.3 Å². The number of hydrogen-bond acceptors (Lipinski definition) is 6. The van der Waals surface area contributed by atoms with Gasteiger partial charge in [0, 0.05) is 36.1 Å². The van der Waals surface area contributed by atoms with Crippen LogP contribution in [0.4, 0.5) is 5.69 Å². The summed E-state index contributed by atoms with van der Waals surface area (Å²) in [5, 5.41) is 23.3. The Morgan fingerprint density at radius 1 is 1.03 bits per heavy atom. The van der Waals surface area contributed by atoms with E-state index in [1.807, 2.05) is 24.6 Å². The van der Waals surface area contributed by atoms with E-state index in [-0.39, 0.29) is 22.5 Å². The Bertz CT molecular complexity index is 1520. The molecule has 1 atom stereocenters. The quantitative estimate of drug-likeness (QED) is 0.204. The van der Waals surface area contributed by atoms with Crippen LogP contribution in [0.5, 0.6) is 0 Å². The number of aryl methyl sites for hydroxylation is 1. The second kappa shape index (κ2) is 11.8. The Kier molecular flexibility index (Phi) is 8.49. The first-order valence-electron chi connectivity index (χ1n) is 12.5. The molecule has 0 aliphatic carbocycles. The second-order valence-electron chi connectivity index (χ2n) is 9.95. The van der Waals surface area contributed by atoms with E-state index in [0.717, 1.165) is 17.7 Å². The number of aliphatic hydroxyl groups is 1. The molecule has 4 N–H and O–H groups in total. The zero-order valence-electron chi connectivity index (χ0n) is 21.8. The molecule has 39 heavy (non-hydrogen) atoms. The summed E-state index contributed by atoms with van der Waals surface area (Å²) in [6.07, 6.45) is 3.58. The number of carboxylic acid groups (broad SMARTS) is 1. The Hall–Kier alpha value is -3.99. The molecule has 0 fully saturated rings. The van der Waals surface area contributed by atoms with Crippen LogP contribution in [-0.4, -0.2) is 46.2 Å². The Morgan fingerprint density at radius 3 is 2.44 bits per heavy atom. The largest absolute Gasteiger partial charge is 0.478 e. The lowest BCUT2D eigenvalue weighted by Crippen LogP contribution is -2.42. The number of imidazole rings is 1. The summed E-state index contributed by atoms with van der Waals surface area (Å²) in [7, 11) is -3.72. The van der Waals surface area contributed by atoms with Crippen LogP contribution in [0.2, 0.25) is 0 Å². The third-order valence-electron chi connectivity index (χ3n) is 6.41. The number of rotatable bonds is 12. The molecule has 0 radical (unpaired) electrons. The minimum absolute atomic E-state index is 0.167. The topological polar surface area (TPSA) is 134 Å². The van der Waals surface area contributed by atoms with Gasteiger partial charge in [-0.05, 0) is 62.2 Å². The highest BCUT2D eigenvalue weighted by molar-refractivity contribution is 7.92. The molecule has 4 rings (SSSR count). The van der Waals surface area contributed by atoms with Gasteiger partial charge in [0.05, 0.1) is 28.6 Å². The third-order valence-corrected chi connectivity index (χ3v) is 7.80. The molecule has 204 valence electrons. The summed E-state index contributed by atoms with van der Waals surface area (Å²) < 4.78 is 29.8. The maximum Gasteiger partial charge on any atom is 0.335 e. The number of benzene rings is 3. The van der Waals surface area contributed by atoms with Gasteiger partial charge in [-0.2, -0.15) is 0 Å². The molecule has 10 heteroatoms. The predicted octanol–water partition coefficient (Wildman–Crippen LogP) is 4.54. The SMILES string of the molecule is CC(C)(CCn1cnc(-c2ccc(C(=O)O)cc2)c1)NC[C@H](O)c1cccc(NS(=O)(=O)c2ccccc2)c1. The zero-order chi connectivity index (χ0) is 28.0. The van der Waals surface area contributed by atoms with Gasteiger partial charge < -0.3 is 20.1 Å². The third kappa shape index (κ3) is 7.53. The number of aromatic nitrogens is 2. The summed E-state index contributed by atoms with van der Waals surface area (Å²) >= 11 is 0. The summed E-state index contributed by atoms with van der Waals surface area (Å²) in [5.41, 5.74) is 2.50. The van der Waals surface area contributed by atoms with Gasteiger partial charge in [-0.15, -0.1) is 0 Å². The van der Waals surface area contributed by atoms with E-state index in [1.54, 1.807) is 73.1 Å². The van der Waals surface area contributed by atoms with Crippen molar-refractivity contribution in [2.45, 2.75) is 43.4 Å². The average molecular weight is 549 g/mol. The van der Waals surface area contributed by atoms with E-state index >= 15 is 0 Å². The van der Waals surface area contributed by atoms with Crippen LogP contribution in [0.3, 0.4) is 0 Å². The van der Waals surface area contributed by atoms with E-state index in [0.29, 0.717) is 17.8 Å². The number of sulfonamides is 1. The van der Waals surface area contributed by atoms with Crippen LogP contribution >= 0.6 is 0 Å². The molecule has 1 aromatic heterocycles. The number of β-amino-alcohol motifs (C(OH)–C–C–N with tert-alkyl or cyclic N) is 1. The first-order valence-corrected chi connectivity index (χ1v) is 14.0. The molecule has 0 saturated carbocycles. The number of carbonyl (C=O) groups is 1. The van der Waals surface area contributed by atoms with Crippen LogP contribution in [0.15, 0.2) is 96.3 Å². The molecule has 0 aliphatic heterocycles. The van der Waals surface area contributed by atoms with Crippen molar-refractivity contribution in [1.82, 2.24) is 14.9 Å². The fraction of sp³-hybridized carbons (Fsp3) is 0.241. The second-order valence-corrected chi connectivity index (χ2v) is 11.6. The molecular weight excluding hydrogens is 516 g/mol. The van der Waals surface area contributed by atoms with Gasteiger partial charge in [0.1, 0.15) is 0 Å². The Morgan fingerprint density at radius 2 is 1.74 bits per heavy atom. The number of carboxylic acids is 1. The summed E-state index contributed by atoms with van der Waals surface area (Å²) in [6.45, 7) is 5.07. The van der Waals surface area contributed by atoms with Gasteiger partial charge in [-0.25, -0.2) is 18.2 Å². The van der Waals surface area contributed by atoms with Crippen LogP contribution in [0.1, 0.15) is 42.3 Å². The fourth-order valence-corrected chi connectivity index (χ4v) is 5.10. The van der Waals surface area contributed by atoms with E-state index in [1.165, 1.54) is 12.1 Å². The van der Waals surface area contributed by atoms with Gasteiger partial charge in [0.25, 0.3) is 10.0 Å². The highest BCUT2D eigenvalue weighted by Gasteiger charge is 2.20. The highest BCUT2D eigenvalue weighted by atomic mass is 32.2. The van der Waals surface area contributed by atoms with Crippen molar-refractivity contribution in [2.75, 3.05) is 11.3 Å². The lowest BCUT2D eigenvalue weighted by atomic mass is 9.99. The summed E-state index contributed by atoms with van der Waals surface area (Å²) in [6, 6.07) is 21.5. The Balaban J connectivity index is 1.31. The van der Waals surface area contributed by atoms with Crippen molar-refractivity contribution in [2.24, 2.45) is 0 Å². The summed E-state index contributed by atoms with van der Waals surface area (Å²) in [4.78, 5) is 15.7. The van der Waals surface area contributed by atoms with Gasteiger partial charge in [0.2, 0.25) is 0 Å². The van der Waals surface area contributed by atoms with Gasteiger partial charge in [0.15, 0.2) is 0 Å². The normalized spacial score (nSPS) is 12.7. The van der Waals surface area contributed by atoms with Crippen LogP contribution in [0, 0.1) is 0 Å². The minimum Gasteiger partial charge on any atom is -0.478 e. The van der Waals surface area contributed by atoms with Crippen molar-refractivity contribution in [3.8, 4) is 11.3 Å². The highest BCUT2D eigenvalue weighted by Crippen LogP contribution is 2.22. The van der Waals surface area contributed by atoms with Crippen LogP contribution < -0.4 is 10.0 Å². The molecule has 0 amide bonds. The number of nitrogens with one attached hydrogen (secondary N) is 2. The van der Waals surface area contributed by atoms with Crippen molar-refractivity contribution in [3.63, 3.8) is 0 Å². The first-order chi connectivity index (χ1) is 18.5. The smallest absolute Gasteiger partial charge is 0.335 e. The maximum atomic E-state index is 12.6. The van der Waals surface area contributed by atoms with Crippen molar-refractivity contribution in [3.05, 3.63) is 103 Å². The molecule has 0 aliphatic rings. The van der Waals surface area contributed by atoms with E-state index in [4.69, 9.17) is 5.11 Å².